The Hall–Kier alpha value is -1.95. The lowest BCUT2D eigenvalue weighted by molar-refractivity contribution is 0.135. The highest BCUT2D eigenvalue weighted by atomic mass is 35.5. The molecular formula is C21H28ClN3O5S2. The van der Waals surface area contributed by atoms with E-state index in [4.69, 9.17) is 4.74 Å². The zero-order valence-corrected chi connectivity index (χ0v) is 20.1. The van der Waals surface area contributed by atoms with Gasteiger partial charge in [0.25, 0.3) is 0 Å². The molecule has 2 aromatic carbocycles. The molecule has 3 rings (SSSR count). The number of hydrogen-bond acceptors (Lipinski definition) is 7. The van der Waals surface area contributed by atoms with Crippen LogP contribution in [0.15, 0.2) is 47.3 Å². The number of hydrazine groups is 1. The predicted octanol–water partition coefficient (Wildman–Crippen LogP) is 2.72. The SMILES string of the molecule is CCC(COCCc1ccccc1)S(=O)(=O)NNCCc1ccc(O)c2[nH]c(=O)sc12.Cl. The summed E-state index contributed by atoms with van der Waals surface area (Å²) in [6.45, 7) is 2.72. The Morgan fingerprint density at radius 1 is 1.16 bits per heavy atom. The first-order valence-corrected chi connectivity index (χ1v) is 12.5. The van der Waals surface area contributed by atoms with Gasteiger partial charge >= 0.3 is 4.87 Å². The topological polar surface area (TPSA) is 121 Å². The Morgan fingerprint density at radius 2 is 1.91 bits per heavy atom. The molecule has 0 radical (unpaired) electrons. The number of ether oxygens (including phenoxy) is 1. The molecule has 0 saturated heterocycles. The van der Waals surface area contributed by atoms with E-state index in [0.717, 1.165) is 28.9 Å². The highest BCUT2D eigenvalue weighted by molar-refractivity contribution is 7.90. The quantitative estimate of drug-likeness (QED) is 0.224. The van der Waals surface area contributed by atoms with Crippen LogP contribution in [0.25, 0.3) is 10.2 Å². The summed E-state index contributed by atoms with van der Waals surface area (Å²) < 4.78 is 31.4. The lowest BCUT2D eigenvalue weighted by atomic mass is 10.1. The van der Waals surface area contributed by atoms with Crippen LogP contribution in [0.3, 0.4) is 0 Å². The molecule has 0 spiro atoms. The van der Waals surface area contributed by atoms with Gasteiger partial charge in [-0.3, -0.25) is 4.79 Å². The van der Waals surface area contributed by atoms with E-state index in [0.29, 0.717) is 36.2 Å². The minimum absolute atomic E-state index is 0. The molecule has 1 heterocycles. The summed E-state index contributed by atoms with van der Waals surface area (Å²) in [5, 5.41) is 9.19. The minimum Gasteiger partial charge on any atom is -0.506 e. The molecule has 3 aromatic rings. The van der Waals surface area contributed by atoms with Gasteiger partial charge in [-0.25, -0.2) is 13.8 Å². The molecule has 4 N–H and O–H groups in total. The average molecular weight is 502 g/mol. The number of benzene rings is 2. The number of aromatic nitrogens is 1. The number of aromatic hydroxyl groups is 1. The molecule has 0 saturated carbocycles. The molecular weight excluding hydrogens is 474 g/mol. The molecule has 0 aliphatic carbocycles. The highest BCUT2D eigenvalue weighted by Crippen LogP contribution is 2.27. The molecule has 1 atom stereocenters. The number of sulfonamides is 1. The first-order chi connectivity index (χ1) is 14.9. The van der Waals surface area contributed by atoms with Crippen molar-refractivity contribution in [3.8, 4) is 5.75 Å². The molecule has 0 fully saturated rings. The number of fused-ring (bicyclic) bond motifs is 1. The van der Waals surface area contributed by atoms with Gasteiger partial charge in [-0.15, -0.1) is 12.4 Å². The zero-order valence-electron chi connectivity index (χ0n) is 17.7. The number of aromatic amines is 1. The normalized spacial score (nSPS) is 12.5. The first-order valence-electron chi connectivity index (χ1n) is 10.1. The maximum atomic E-state index is 12.6. The Balaban J connectivity index is 0.00000363. The fraction of sp³-hybridized carbons (Fsp3) is 0.381. The van der Waals surface area contributed by atoms with E-state index >= 15 is 0 Å². The van der Waals surface area contributed by atoms with Crippen LogP contribution in [0, 0.1) is 0 Å². The number of hydrogen-bond donors (Lipinski definition) is 4. The summed E-state index contributed by atoms with van der Waals surface area (Å²) in [5.74, 6) is 0.0174. The van der Waals surface area contributed by atoms with Crippen molar-refractivity contribution >= 4 is 44.0 Å². The number of phenolic OH excluding ortho intramolecular Hbond substituents is 1. The van der Waals surface area contributed by atoms with E-state index in [-0.39, 0.29) is 29.6 Å². The van der Waals surface area contributed by atoms with Gasteiger partial charge < -0.3 is 14.8 Å². The van der Waals surface area contributed by atoms with Crippen molar-refractivity contribution in [2.45, 2.75) is 31.4 Å². The molecule has 32 heavy (non-hydrogen) atoms. The van der Waals surface area contributed by atoms with E-state index < -0.39 is 15.3 Å². The summed E-state index contributed by atoms with van der Waals surface area (Å²) in [4.78, 5) is 16.4. The van der Waals surface area contributed by atoms with Crippen molar-refractivity contribution in [2.24, 2.45) is 0 Å². The largest absolute Gasteiger partial charge is 0.506 e. The van der Waals surface area contributed by atoms with Crippen molar-refractivity contribution in [1.82, 2.24) is 15.2 Å². The van der Waals surface area contributed by atoms with Crippen molar-refractivity contribution in [1.29, 1.82) is 0 Å². The smallest absolute Gasteiger partial charge is 0.305 e. The van der Waals surface area contributed by atoms with Crippen LogP contribution < -0.4 is 15.1 Å². The van der Waals surface area contributed by atoms with Crippen molar-refractivity contribution < 1.29 is 18.3 Å². The third-order valence-electron chi connectivity index (χ3n) is 4.95. The van der Waals surface area contributed by atoms with Crippen LogP contribution in [-0.2, 0) is 27.6 Å². The van der Waals surface area contributed by atoms with Gasteiger partial charge in [0.15, 0.2) is 0 Å². The minimum atomic E-state index is -3.60. The van der Waals surface area contributed by atoms with Crippen LogP contribution in [0.5, 0.6) is 5.75 Å². The molecule has 0 aliphatic rings. The van der Waals surface area contributed by atoms with Crippen molar-refractivity contribution in [3.63, 3.8) is 0 Å². The Bertz CT molecular complexity index is 1150. The lowest BCUT2D eigenvalue weighted by Gasteiger charge is -2.17. The van der Waals surface area contributed by atoms with E-state index in [1.165, 1.54) is 6.07 Å². The van der Waals surface area contributed by atoms with E-state index in [2.05, 4.69) is 15.2 Å². The molecule has 1 aromatic heterocycles. The van der Waals surface area contributed by atoms with Crippen molar-refractivity contribution in [2.75, 3.05) is 19.8 Å². The maximum Gasteiger partial charge on any atom is 0.305 e. The van der Waals surface area contributed by atoms with Crippen LogP contribution in [0.2, 0.25) is 0 Å². The van der Waals surface area contributed by atoms with E-state index in [1.807, 2.05) is 37.3 Å². The van der Waals surface area contributed by atoms with E-state index in [1.54, 1.807) is 6.07 Å². The van der Waals surface area contributed by atoms with Crippen LogP contribution in [0.4, 0.5) is 0 Å². The van der Waals surface area contributed by atoms with Crippen LogP contribution in [-0.4, -0.2) is 43.5 Å². The zero-order chi connectivity index (χ0) is 22.3. The molecule has 8 nitrogen and oxygen atoms in total. The Morgan fingerprint density at radius 3 is 2.62 bits per heavy atom. The van der Waals surface area contributed by atoms with Crippen molar-refractivity contribution in [3.05, 3.63) is 63.3 Å². The summed E-state index contributed by atoms with van der Waals surface area (Å²) in [6.07, 6.45) is 1.64. The molecule has 0 amide bonds. The molecule has 176 valence electrons. The van der Waals surface area contributed by atoms with Crippen LogP contribution >= 0.6 is 23.7 Å². The van der Waals surface area contributed by atoms with Gasteiger partial charge in [0.2, 0.25) is 10.0 Å². The summed E-state index contributed by atoms with van der Waals surface area (Å²) in [6, 6.07) is 13.1. The molecule has 1 unspecified atom stereocenters. The molecule has 0 aliphatic heterocycles. The third-order valence-corrected chi connectivity index (χ3v) is 7.68. The average Bonchev–Trinajstić information content (AvgIpc) is 3.15. The number of H-pyrrole nitrogens is 1. The second-order valence-corrected chi connectivity index (χ2v) is 10.1. The van der Waals surface area contributed by atoms with Gasteiger partial charge in [0.05, 0.1) is 23.2 Å². The van der Waals surface area contributed by atoms with Gasteiger partial charge in [-0.1, -0.05) is 54.7 Å². The second-order valence-electron chi connectivity index (χ2n) is 7.13. The summed E-state index contributed by atoms with van der Waals surface area (Å²) in [7, 11) is -3.60. The van der Waals surface area contributed by atoms with E-state index in [9.17, 15) is 18.3 Å². The lowest BCUT2D eigenvalue weighted by Crippen LogP contribution is -2.45. The molecule has 0 bridgehead atoms. The fourth-order valence-corrected chi connectivity index (χ4v) is 5.26. The van der Waals surface area contributed by atoms with Gasteiger partial charge in [-0.05, 0) is 36.5 Å². The number of halogens is 1. The maximum absolute atomic E-state index is 12.6. The number of phenols is 1. The highest BCUT2D eigenvalue weighted by Gasteiger charge is 2.23. The van der Waals surface area contributed by atoms with Gasteiger partial charge in [0, 0.05) is 6.54 Å². The molecule has 11 heteroatoms. The summed E-state index contributed by atoms with van der Waals surface area (Å²) >= 11 is 1.02. The number of rotatable bonds is 12. The number of thiazole rings is 1. The Labute approximate surface area is 197 Å². The van der Waals surface area contributed by atoms with Gasteiger partial charge in [-0.2, -0.15) is 4.83 Å². The predicted molar refractivity (Wildman–Crippen MR) is 130 cm³/mol. The summed E-state index contributed by atoms with van der Waals surface area (Å²) in [5.41, 5.74) is 5.15. The van der Waals surface area contributed by atoms with Crippen LogP contribution in [0.1, 0.15) is 24.5 Å². The first kappa shape index (κ1) is 26.3. The fourth-order valence-electron chi connectivity index (χ4n) is 3.18. The van der Waals surface area contributed by atoms with Gasteiger partial charge in [0.1, 0.15) is 11.3 Å². The Kier molecular flexibility index (Phi) is 10.1. The number of nitrogens with one attached hydrogen (secondary N) is 3. The second kappa shape index (κ2) is 12.3. The third kappa shape index (κ3) is 7.03. The standard InChI is InChI=1S/C21H27N3O5S2.ClH/c1-2-17(14-29-13-11-15-6-4-3-5-7-15)31(27,28)24-22-12-10-16-8-9-18(25)19-20(16)30-21(26)23-19;/h3-9,17,22,24-25H,2,10-14H2,1H3,(H,23,26);1H. The monoisotopic (exact) mass is 501 g/mol.